The van der Waals surface area contributed by atoms with Crippen LogP contribution in [0.15, 0.2) is 73.2 Å². The average molecular weight is 496 g/mol. The Hall–Kier alpha value is -4.99. The fraction of sp³-hybridized carbons (Fsp3) is 0.148. The SMILES string of the molecule is CNC(=O)c1cnccc1Nc1nc(-c2nn(Cc3ccc(OC)cc3)c3ccccc23)ncc1OC. The molecule has 10 nitrogen and oxygen atoms in total. The molecule has 1 amide bonds. The van der Waals surface area contributed by atoms with Gasteiger partial charge >= 0.3 is 0 Å². The van der Waals surface area contributed by atoms with Crippen LogP contribution in [0.1, 0.15) is 15.9 Å². The fourth-order valence-electron chi connectivity index (χ4n) is 3.99. The van der Waals surface area contributed by atoms with E-state index >= 15 is 0 Å². The number of para-hydroxylation sites is 1. The number of amides is 1. The number of fused-ring (bicyclic) bond motifs is 1. The molecule has 0 bridgehead atoms. The lowest BCUT2D eigenvalue weighted by molar-refractivity contribution is 0.0963. The average Bonchev–Trinajstić information content (AvgIpc) is 3.31. The Morgan fingerprint density at radius 1 is 1.00 bits per heavy atom. The fourth-order valence-corrected chi connectivity index (χ4v) is 3.99. The van der Waals surface area contributed by atoms with E-state index < -0.39 is 0 Å². The summed E-state index contributed by atoms with van der Waals surface area (Å²) in [5.41, 5.74) is 3.58. The standard InChI is InChI=1S/C27H25N7O3/c1-28-27(35)20-14-29-13-12-21(20)31-25-23(37-3)15-30-26(32-25)24-19-6-4-5-7-22(19)34(33-24)16-17-8-10-18(36-2)11-9-17/h4-15H,16H2,1-3H3,(H,28,35)(H,29,30,31,32). The third kappa shape index (κ3) is 4.76. The molecule has 10 heteroatoms. The zero-order chi connectivity index (χ0) is 25.8. The zero-order valence-electron chi connectivity index (χ0n) is 20.6. The van der Waals surface area contributed by atoms with Gasteiger partial charge in [-0.1, -0.05) is 30.3 Å². The second-order valence-corrected chi connectivity index (χ2v) is 8.11. The van der Waals surface area contributed by atoms with Crippen molar-refractivity contribution >= 4 is 28.3 Å². The first-order valence-corrected chi connectivity index (χ1v) is 11.5. The molecule has 2 aromatic carbocycles. The second kappa shape index (κ2) is 10.3. The number of pyridine rings is 1. The summed E-state index contributed by atoms with van der Waals surface area (Å²) >= 11 is 0. The van der Waals surface area contributed by atoms with Gasteiger partial charge in [-0.15, -0.1) is 0 Å². The van der Waals surface area contributed by atoms with Gasteiger partial charge in [-0.2, -0.15) is 5.10 Å². The lowest BCUT2D eigenvalue weighted by Crippen LogP contribution is -2.19. The Labute approximate surface area is 213 Å². The Morgan fingerprint density at radius 2 is 1.81 bits per heavy atom. The van der Waals surface area contributed by atoms with Crippen molar-refractivity contribution in [1.82, 2.24) is 30.0 Å². The summed E-state index contributed by atoms with van der Waals surface area (Å²) in [4.78, 5) is 25.7. The highest BCUT2D eigenvalue weighted by Gasteiger charge is 2.19. The molecule has 5 aromatic rings. The monoisotopic (exact) mass is 495 g/mol. The maximum atomic E-state index is 12.3. The molecule has 0 radical (unpaired) electrons. The number of nitrogens with one attached hydrogen (secondary N) is 2. The topological polar surface area (TPSA) is 116 Å². The Morgan fingerprint density at radius 3 is 2.57 bits per heavy atom. The molecule has 0 unspecified atom stereocenters. The van der Waals surface area contributed by atoms with Crippen LogP contribution in [0.25, 0.3) is 22.4 Å². The van der Waals surface area contributed by atoms with Crippen LogP contribution in [0.3, 0.4) is 0 Å². The smallest absolute Gasteiger partial charge is 0.254 e. The lowest BCUT2D eigenvalue weighted by Gasteiger charge is -2.13. The van der Waals surface area contributed by atoms with E-state index in [0.29, 0.717) is 40.9 Å². The molecular weight excluding hydrogens is 470 g/mol. The van der Waals surface area contributed by atoms with Crippen LogP contribution in [0.4, 0.5) is 11.5 Å². The van der Waals surface area contributed by atoms with Gasteiger partial charge in [-0.3, -0.25) is 14.5 Å². The van der Waals surface area contributed by atoms with Crippen LogP contribution in [-0.2, 0) is 6.54 Å². The van der Waals surface area contributed by atoms with E-state index in [2.05, 4.69) is 20.6 Å². The number of carbonyl (C=O) groups is 1. The third-order valence-corrected chi connectivity index (χ3v) is 5.88. The lowest BCUT2D eigenvalue weighted by atomic mass is 10.2. The van der Waals surface area contributed by atoms with Gasteiger partial charge in [0.05, 0.1) is 43.7 Å². The van der Waals surface area contributed by atoms with Crippen molar-refractivity contribution < 1.29 is 14.3 Å². The number of hydrogen-bond acceptors (Lipinski definition) is 8. The Kier molecular flexibility index (Phi) is 6.62. The van der Waals surface area contributed by atoms with Crippen molar-refractivity contribution in [3.63, 3.8) is 0 Å². The number of benzene rings is 2. The number of aromatic nitrogens is 5. The van der Waals surface area contributed by atoms with Crippen LogP contribution in [0, 0.1) is 0 Å². The molecule has 186 valence electrons. The quantitative estimate of drug-likeness (QED) is 0.331. The summed E-state index contributed by atoms with van der Waals surface area (Å²) in [6, 6.07) is 17.5. The molecule has 0 atom stereocenters. The first kappa shape index (κ1) is 23.7. The zero-order valence-corrected chi connectivity index (χ0v) is 20.6. The van der Waals surface area contributed by atoms with Crippen molar-refractivity contribution in [2.45, 2.75) is 6.54 Å². The van der Waals surface area contributed by atoms with E-state index in [0.717, 1.165) is 22.2 Å². The van der Waals surface area contributed by atoms with Crippen LogP contribution in [0.5, 0.6) is 11.5 Å². The van der Waals surface area contributed by atoms with Gasteiger partial charge in [0.2, 0.25) is 0 Å². The largest absolute Gasteiger partial charge is 0.497 e. The van der Waals surface area contributed by atoms with E-state index in [4.69, 9.17) is 19.6 Å². The van der Waals surface area contributed by atoms with Gasteiger partial charge in [-0.25, -0.2) is 9.97 Å². The van der Waals surface area contributed by atoms with Crippen molar-refractivity contribution in [1.29, 1.82) is 0 Å². The first-order valence-electron chi connectivity index (χ1n) is 11.5. The van der Waals surface area contributed by atoms with E-state index in [1.807, 2.05) is 53.2 Å². The molecule has 0 aliphatic heterocycles. The van der Waals surface area contributed by atoms with Gasteiger partial charge in [0, 0.05) is 24.8 Å². The van der Waals surface area contributed by atoms with E-state index in [9.17, 15) is 4.79 Å². The van der Waals surface area contributed by atoms with Crippen LogP contribution in [0.2, 0.25) is 0 Å². The molecule has 0 fully saturated rings. The number of methoxy groups -OCH3 is 2. The molecule has 0 saturated heterocycles. The molecule has 0 saturated carbocycles. The predicted octanol–water partition coefficient (Wildman–Crippen LogP) is 4.06. The summed E-state index contributed by atoms with van der Waals surface area (Å²) < 4.78 is 12.7. The summed E-state index contributed by atoms with van der Waals surface area (Å²) in [5, 5.41) is 11.6. The molecule has 2 N–H and O–H groups in total. The Bertz CT molecular complexity index is 1560. The van der Waals surface area contributed by atoms with E-state index in [1.54, 1.807) is 32.6 Å². The Balaban J connectivity index is 1.55. The molecule has 0 aliphatic carbocycles. The number of ether oxygens (including phenoxy) is 2. The summed E-state index contributed by atoms with van der Waals surface area (Å²) in [5.74, 6) is 1.77. The van der Waals surface area contributed by atoms with Crippen LogP contribution < -0.4 is 20.1 Å². The van der Waals surface area contributed by atoms with Gasteiger partial charge in [0.1, 0.15) is 11.4 Å². The summed E-state index contributed by atoms with van der Waals surface area (Å²) in [6.45, 7) is 0.568. The number of carbonyl (C=O) groups excluding carboxylic acids is 1. The van der Waals surface area contributed by atoms with Gasteiger partial charge < -0.3 is 20.1 Å². The van der Waals surface area contributed by atoms with Gasteiger partial charge in [0.15, 0.2) is 17.4 Å². The van der Waals surface area contributed by atoms with Crippen LogP contribution in [-0.4, -0.2) is 51.9 Å². The highest BCUT2D eigenvalue weighted by atomic mass is 16.5. The molecule has 0 spiro atoms. The first-order chi connectivity index (χ1) is 18.1. The van der Waals surface area contributed by atoms with Crippen molar-refractivity contribution in [2.24, 2.45) is 0 Å². The van der Waals surface area contributed by atoms with E-state index in [1.165, 1.54) is 13.3 Å². The maximum Gasteiger partial charge on any atom is 0.254 e. The minimum absolute atomic E-state index is 0.271. The van der Waals surface area contributed by atoms with Gasteiger partial charge in [-0.05, 0) is 29.8 Å². The second-order valence-electron chi connectivity index (χ2n) is 8.11. The molecule has 3 heterocycles. The minimum Gasteiger partial charge on any atom is -0.497 e. The summed E-state index contributed by atoms with van der Waals surface area (Å²) in [6.07, 6.45) is 4.67. The molecule has 37 heavy (non-hydrogen) atoms. The third-order valence-electron chi connectivity index (χ3n) is 5.88. The highest BCUT2D eigenvalue weighted by molar-refractivity contribution is 6.00. The molecular formula is C27H25N7O3. The maximum absolute atomic E-state index is 12.3. The van der Waals surface area contributed by atoms with Crippen molar-refractivity contribution in [3.05, 3.63) is 84.3 Å². The molecule has 5 rings (SSSR count). The number of anilines is 2. The number of hydrogen-bond donors (Lipinski definition) is 2. The number of nitrogens with zero attached hydrogens (tertiary/aromatic N) is 5. The van der Waals surface area contributed by atoms with Crippen molar-refractivity contribution in [2.75, 3.05) is 26.6 Å². The highest BCUT2D eigenvalue weighted by Crippen LogP contribution is 2.31. The molecule has 3 aromatic heterocycles. The number of rotatable bonds is 8. The summed E-state index contributed by atoms with van der Waals surface area (Å²) in [7, 11) is 4.75. The van der Waals surface area contributed by atoms with Crippen LogP contribution >= 0.6 is 0 Å². The van der Waals surface area contributed by atoms with Gasteiger partial charge in [0.25, 0.3) is 5.91 Å². The normalized spacial score (nSPS) is 10.8. The molecule has 0 aliphatic rings. The van der Waals surface area contributed by atoms with Crippen molar-refractivity contribution in [3.8, 4) is 23.0 Å². The van der Waals surface area contributed by atoms with E-state index in [-0.39, 0.29) is 5.91 Å². The minimum atomic E-state index is -0.271. The predicted molar refractivity (Wildman–Crippen MR) is 140 cm³/mol.